The number of ketones is 1. The Morgan fingerprint density at radius 1 is 0.786 bits per heavy atom. The third kappa shape index (κ3) is 6.40. The number of allylic oxidation sites excluding steroid dienone is 4. The number of carbonyl (C=O) groups is 1. The van der Waals surface area contributed by atoms with Gasteiger partial charge in [0.1, 0.15) is 26.9 Å². The molecule has 1 aliphatic rings. The predicted octanol–water partition coefficient (Wildman–Crippen LogP) is 3.87. The number of phenols is 1. The number of Topliss-reactive ketones (excluding diaryl/α,β-unsaturated/α-hetero) is 1. The highest BCUT2D eigenvalue weighted by atomic mass is 32.2. The number of benzene rings is 3. The Balaban J connectivity index is 1.75. The molecule has 6 N–H and O–H groups in total. The van der Waals surface area contributed by atoms with Gasteiger partial charge in [0.15, 0.2) is 11.5 Å². The van der Waals surface area contributed by atoms with E-state index in [0.717, 1.165) is 12.1 Å². The van der Waals surface area contributed by atoms with Crippen molar-refractivity contribution in [2.24, 2.45) is 20.5 Å². The molecule has 16 nitrogen and oxygen atoms in total. The van der Waals surface area contributed by atoms with Crippen molar-refractivity contribution in [3.05, 3.63) is 65.5 Å². The number of aromatic hydroxyl groups is 1. The molecule has 42 heavy (non-hydrogen) atoms. The molecule has 0 aromatic heterocycles. The fourth-order valence-electron chi connectivity index (χ4n) is 3.79. The van der Waals surface area contributed by atoms with Crippen LogP contribution in [-0.2, 0) is 35.1 Å². The Bertz CT molecular complexity index is 2140. The zero-order valence-corrected chi connectivity index (χ0v) is 23.5. The number of carbonyl (C=O) groups excluding carboxylic acids is 1. The van der Waals surface area contributed by atoms with Crippen molar-refractivity contribution in [1.82, 2.24) is 0 Å². The first kappa shape index (κ1) is 30.6. The van der Waals surface area contributed by atoms with Crippen LogP contribution in [-0.4, -0.2) is 49.8 Å². The summed E-state index contributed by atoms with van der Waals surface area (Å²) < 4.78 is 98.6. The van der Waals surface area contributed by atoms with E-state index >= 15 is 0 Å². The summed E-state index contributed by atoms with van der Waals surface area (Å²) in [5.41, 5.74) is 4.57. The third-order valence-corrected chi connectivity index (χ3v) is 8.44. The van der Waals surface area contributed by atoms with Gasteiger partial charge in [-0.2, -0.15) is 30.4 Å². The van der Waals surface area contributed by atoms with Gasteiger partial charge in [0.05, 0.1) is 17.0 Å². The smallest absolute Gasteiger partial charge is 0.296 e. The number of phenolic OH excluding ortho intramolecular Hbond substituents is 1. The second-order valence-corrected chi connectivity index (χ2v) is 13.0. The summed E-state index contributed by atoms with van der Waals surface area (Å²) in [4.78, 5) is 10.4. The Hall–Kier alpha value is -4.40. The minimum atomic E-state index is -4.92. The molecule has 3 aromatic carbocycles. The fraction of sp³-hybridized carbons (Fsp3) is 0.0870. The molecule has 1 aliphatic carbocycles. The third-order valence-electron chi connectivity index (χ3n) is 5.82. The van der Waals surface area contributed by atoms with E-state index in [1.54, 1.807) is 0 Å². The number of hydrogen-bond acceptors (Lipinski definition) is 13. The monoisotopic (exact) mass is 637 g/mol. The molecule has 4 rings (SSSR count). The lowest BCUT2D eigenvalue weighted by Gasteiger charge is -2.12. The van der Waals surface area contributed by atoms with E-state index in [2.05, 4.69) is 20.5 Å². The number of rotatable bonds is 7. The molecule has 3 aromatic rings. The van der Waals surface area contributed by atoms with Crippen LogP contribution < -0.4 is 5.73 Å². The maximum atomic E-state index is 12.8. The van der Waals surface area contributed by atoms with Gasteiger partial charge in [0.25, 0.3) is 30.4 Å². The molecule has 0 saturated carbocycles. The van der Waals surface area contributed by atoms with Crippen molar-refractivity contribution < 1.29 is 48.8 Å². The number of anilines is 1. The van der Waals surface area contributed by atoms with Crippen molar-refractivity contribution in [2.75, 3.05) is 5.73 Å². The normalized spacial score (nSPS) is 15.2. The second kappa shape index (κ2) is 10.8. The lowest BCUT2D eigenvalue weighted by Crippen LogP contribution is -2.07. The Morgan fingerprint density at radius 3 is 2.07 bits per heavy atom. The summed E-state index contributed by atoms with van der Waals surface area (Å²) in [6.45, 7) is 1.45. The SMILES string of the molecule is CC1=C(N=Nc2cc(S(=O)(=O)O)ccc2S(=O)(=O)O)CC(=O)C(N=Nc2c(S(=O)(=O)O)cc3cc(N)ccc3c2O)=C1. The van der Waals surface area contributed by atoms with E-state index in [0.29, 0.717) is 12.1 Å². The Morgan fingerprint density at radius 2 is 1.45 bits per heavy atom. The van der Waals surface area contributed by atoms with Gasteiger partial charge >= 0.3 is 0 Å². The number of nitrogens with two attached hydrogens (primary N) is 1. The number of nitrogens with zero attached hydrogens (tertiary/aromatic N) is 4. The van der Waals surface area contributed by atoms with Gasteiger partial charge in [-0.15, -0.1) is 15.3 Å². The van der Waals surface area contributed by atoms with Crippen molar-refractivity contribution >= 4 is 64.0 Å². The van der Waals surface area contributed by atoms with Crippen LogP contribution >= 0.6 is 0 Å². The molecular weight excluding hydrogens is 618 g/mol. The lowest BCUT2D eigenvalue weighted by atomic mass is 10.0. The van der Waals surface area contributed by atoms with Gasteiger partial charge in [-0.05, 0) is 66.4 Å². The number of nitrogen functional groups attached to an aromatic ring is 1. The Labute approximate surface area is 237 Å². The van der Waals surface area contributed by atoms with E-state index in [9.17, 15) is 48.8 Å². The minimum absolute atomic E-state index is 0.0257. The molecule has 0 amide bonds. The maximum absolute atomic E-state index is 12.8. The van der Waals surface area contributed by atoms with Crippen molar-refractivity contribution in [3.8, 4) is 5.75 Å². The quantitative estimate of drug-likeness (QED) is 0.140. The molecule has 0 heterocycles. The Kier molecular flexibility index (Phi) is 7.84. The predicted molar refractivity (Wildman–Crippen MR) is 145 cm³/mol. The van der Waals surface area contributed by atoms with E-state index < -0.39 is 74.4 Å². The summed E-state index contributed by atoms with van der Waals surface area (Å²) in [5, 5.41) is 25.9. The topological polar surface area (TPSA) is 276 Å². The van der Waals surface area contributed by atoms with Gasteiger partial charge in [0.2, 0.25) is 0 Å². The molecule has 220 valence electrons. The van der Waals surface area contributed by atoms with Gasteiger partial charge < -0.3 is 10.8 Å². The molecule has 19 heteroatoms. The summed E-state index contributed by atoms with van der Waals surface area (Å²) >= 11 is 0. The van der Waals surface area contributed by atoms with E-state index in [1.165, 1.54) is 31.2 Å². The average molecular weight is 638 g/mol. The zero-order chi connectivity index (χ0) is 31.2. The van der Waals surface area contributed by atoms with Crippen LogP contribution in [0.1, 0.15) is 13.3 Å². The van der Waals surface area contributed by atoms with E-state index in [1.807, 2.05) is 0 Å². The van der Waals surface area contributed by atoms with Crippen LogP contribution in [0, 0.1) is 0 Å². The molecule has 0 saturated heterocycles. The van der Waals surface area contributed by atoms with E-state index in [-0.39, 0.29) is 33.4 Å². The van der Waals surface area contributed by atoms with Crippen LogP contribution in [0.15, 0.2) is 101 Å². The van der Waals surface area contributed by atoms with Gasteiger partial charge in [-0.1, -0.05) is 0 Å². The maximum Gasteiger partial charge on any atom is 0.296 e. The highest BCUT2D eigenvalue weighted by Crippen LogP contribution is 2.42. The van der Waals surface area contributed by atoms with Crippen LogP contribution in [0.2, 0.25) is 0 Å². The number of hydrogen-bond donors (Lipinski definition) is 5. The summed E-state index contributed by atoms with van der Waals surface area (Å²) in [6, 6.07) is 7.27. The van der Waals surface area contributed by atoms with Crippen molar-refractivity contribution in [1.29, 1.82) is 0 Å². The van der Waals surface area contributed by atoms with E-state index in [4.69, 9.17) is 5.73 Å². The van der Waals surface area contributed by atoms with Crippen LogP contribution in [0.4, 0.5) is 17.1 Å². The fourth-order valence-corrected chi connectivity index (χ4v) is 5.55. The van der Waals surface area contributed by atoms with Crippen LogP contribution in [0.25, 0.3) is 10.8 Å². The van der Waals surface area contributed by atoms with Gasteiger partial charge in [-0.3, -0.25) is 18.5 Å². The second-order valence-electron chi connectivity index (χ2n) is 8.77. The first-order valence-corrected chi connectivity index (χ1v) is 15.6. The molecule has 0 radical (unpaired) electrons. The average Bonchev–Trinajstić information content (AvgIpc) is 2.86. The highest BCUT2D eigenvalue weighted by Gasteiger charge is 2.25. The summed E-state index contributed by atoms with van der Waals surface area (Å²) in [5.74, 6) is -1.38. The lowest BCUT2D eigenvalue weighted by molar-refractivity contribution is -0.115. The van der Waals surface area contributed by atoms with Gasteiger partial charge in [-0.25, -0.2) is 0 Å². The number of fused-ring (bicyclic) bond motifs is 1. The molecule has 0 spiro atoms. The molecule has 0 fully saturated rings. The molecular formula is C23H19N5O11S3. The minimum Gasteiger partial charge on any atom is -0.505 e. The zero-order valence-electron chi connectivity index (χ0n) is 21.1. The standard InChI is InChI=1S/C23H19N5O11S3/c1-11-6-17(26-28-22-21(42(37,38)39)8-12-7-13(24)2-4-15(12)23(22)30)19(29)10-16(11)25-27-18-9-14(40(31,32)33)3-5-20(18)41(34,35)36/h2-9,30H,10,24H2,1H3,(H,31,32,33)(H,34,35,36)(H,37,38,39). The van der Waals surface area contributed by atoms with Crippen LogP contribution in [0.5, 0.6) is 5.75 Å². The van der Waals surface area contributed by atoms with Crippen LogP contribution in [0.3, 0.4) is 0 Å². The van der Waals surface area contributed by atoms with Crippen molar-refractivity contribution in [2.45, 2.75) is 28.0 Å². The molecule has 0 unspecified atom stereocenters. The first-order valence-electron chi connectivity index (χ1n) is 11.3. The molecule has 0 bridgehead atoms. The van der Waals surface area contributed by atoms with Crippen molar-refractivity contribution in [3.63, 3.8) is 0 Å². The number of azo groups is 2. The molecule has 0 atom stereocenters. The van der Waals surface area contributed by atoms with Gasteiger partial charge in [0, 0.05) is 11.1 Å². The highest BCUT2D eigenvalue weighted by molar-refractivity contribution is 7.86. The summed E-state index contributed by atoms with van der Waals surface area (Å²) in [7, 11) is -14.6. The first-order chi connectivity index (χ1) is 19.4. The largest absolute Gasteiger partial charge is 0.505 e. The summed E-state index contributed by atoms with van der Waals surface area (Å²) in [6.07, 6.45) is 0.696. The molecule has 0 aliphatic heterocycles.